The highest BCUT2D eigenvalue weighted by Crippen LogP contribution is 2.34. The lowest BCUT2D eigenvalue weighted by Crippen LogP contribution is -2.08. The smallest absolute Gasteiger partial charge is 0.197 e. The van der Waals surface area contributed by atoms with Gasteiger partial charge >= 0.3 is 0 Å². The van der Waals surface area contributed by atoms with Gasteiger partial charge in [0.05, 0.1) is 0 Å². The van der Waals surface area contributed by atoms with E-state index >= 15 is 0 Å². The summed E-state index contributed by atoms with van der Waals surface area (Å²) in [4.78, 5) is 0. The fourth-order valence-electron chi connectivity index (χ4n) is 2.64. The molecule has 0 aromatic heterocycles. The molecule has 0 amide bonds. The molecule has 0 spiro atoms. The van der Waals surface area contributed by atoms with Crippen molar-refractivity contribution in [3.05, 3.63) is 95.3 Å². The highest BCUT2D eigenvalue weighted by molar-refractivity contribution is 5.45. The molecule has 26 heavy (non-hydrogen) atoms. The normalized spacial score (nSPS) is 10.5. The van der Waals surface area contributed by atoms with Gasteiger partial charge in [0.25, 0.3) is 0 Å². The minimum Gasteiger partial charge on any atom is -0.485 e. The summed E-state index contributed by atoms with van der Waals surface area (Å²) in [5.41, 5.74) is 8.08. The first-order valence-corrected chi connectivity index (χ1v) is 8.63. The third-order valence-corrected chi connectivity index (χ3v) is 4.02. The number of benzene rings is 3. The van der Waals surface area contributed by atoms with Crippen molar-refractivity contribution < 1.29 is 13.9 Å². The molecular formula is C22H22FNO2. The monoisotopic (exact) mass is 351 g/mol. The fourth-order valence-corrected chi connectivity index (χ4v) is 2.64. The molecule has 0 saturated heterocycles. The van der Waals surface area contributed by atoms with Crippen LogP contribution in [0.2, 0.25) is 0 Å². The van der Waals surface area contributed by atoms with Crippen LogP contribution >= 0.6 is 0 Å². The maximum atomic E-state index is 14.9. The van der Waals surface area contributed by atoms with Crippen LogP contribution in [0.3, 0.4) is 0 Å². The van der Waals surface area contributed by atoms with Gasteiger partial charge < -0.3 is 15.2 Å². The van der Waals surface area contributed by atoms with E-state index in [1.165, 1.54) is 0 Å². The lowest BCUT2D eigenvalue weighted by Gasteiger charge is -2.16. The molecule has 4 heteroatoms. The predicted molar refractivity (Wildman–Crippen MR) is 101 cm³/mol. The molecule has 3 aromatic rings. The van der Waals surface area contributed by atoms with E-state index in [4.69, 9.17) is 15.2 Å². The summed E-state index contributed by atoms with van der Waals surface area (Å²) in [6.07, 6.45) is 0.451. The van der Waals surface area contributed by atoms with Crippen LogP contribution in [0.4, 0.5) is 4.39 Å². The van der Waals surface area contributed by atoms with Gasteiger partial charge in [-0.2, -0.15) is 0 Å². The molecule has 3 nitrogen and oxygen atoms in total. The van der Waals surface area contributed by atoms with Gasteiger partial charge in [0.1, 0.15) is 13.2 Å². The molecule has 3 rings (SSSR count). The van der Waals surface area contributed by atoms with Crippen LogP contribution < -0.4 is 15.2 Å². The summed E-state index contributed by atoms with van der Waals surface area (Å²) in [7, 11) is 0. The zero-order valence-electron chi connectivity index (χ0n) is 14.5. The van der Waals surface area contributed by atoms with Crippen LogP contribution in [-0.4, -0.2) is 6.54 Å². The molecule has 0 fully saturated rings. The Morgan fingerprint density at radius 2 is 1.31 bits per heavy atom. The van der Waals surface area contributed by atoms with Crippen molar-refractivity contribution >= 4 is 0 Å². The van der Waals surface area contributed by atoms with Gasteiger partial charge in [0.2, 0.25) is 0 Å². The van der Waals surface area contributed by atoms with Crippen LogP contribution in [0.1, 0.15) is 16.7 Å². The molecule has 0 aliphatic carbocycles. The Balaban J connectivity index is 1.81. The average molecular weight is 351 g/mol. The summed E-state index contributed by atoms with van der Waals surface area (Å²) >= 11 is 0. The number of ether oxygens (including phenoxy) is 2. The topological polar surface area (TPSA) is 44.5 Å². The molecule has 0 heterocycles. The molecule has 134 valence electrons. The van der Waals surface area contributed by atoms with E-state index in [9.17, 15) is 4.39 Å². The number of hydrogen-bond acceptors (Lipinski definition) is 3. The van der Waals surface area contributed by atoms with Gasteiger partial charge in [-0.05, 0) is 35.7 Å². The molecular weight excluding hydrogens is 329 g/mol. The fraction of sp³-hybridized carbons (Fsp3) is 0.182. The zero-order chi connectivity index (χ0) is 18.2. The van der Waals surface area contributed by atoms with Crippen LogP contribution in [0, 0.1) is 5.82 Å². The Bertz CT molecular complexity index is 822. The third kappa shape index (κ3) is 4.61. The second kappa shape index (κ2) is 9.02. The minimum absolute atomic E-state index is 0.135. The number of hydrogen-bond donors (Lipinski definition) is 1. The Kier molecular flexibility index (Phi) is 6.23. The van der Waals surface area contributed by atoms with Crippen LogP contribution in [-0.2, 0) is 19.6 Å². The molecule has 0 unspecified atom stereocenters. The lowest BCUT2D eigenvalue weighted by atomic mass is 10.1. The molecule has 0 bridgehead atoms. The van der Waals surface area contributed by atoms with Gasteiger partial charge in [0.15, 0.2) is 17.3 Å². The van der Waals surface area contributed by atoms with Crippen molar-refractivity contribution in [1.29, 1.82) is 0 Å². The predicted octanol–water partition coefficient (Wildman–Crippen LogP) is 4.48. The summed E-state index contributed by atoms with van der Waals surface area (Å²) in [6.45, 7) is 0.989. The van der Waals surface area contributed by atoms with Gasteiger partial charge in [-0.1, -0.05) is 66.7 Å². The van der Waals surface area contributed by atoms with E-state index in [1.54, 1.807) is 12.1 Å². The molecule has 0 radical (unpaired) electrons. The number of halogens is 1. The summed E-state index contributed by atoms with van der Waals surface area (Å²) in [6, 6.07) is 22.9. The highest BCUT2D eigenvalue weighted by Gasteiger charge is 2.16. The number of rotatable bonds is 8. The van der Waals surface area contributed by atoms with E-state index in [1.807, 2.05) is 60.7 Å². The van der Waals surface area contributed by atoms with E-state index in [0.717, 1.165) is 11.1 Å². The molecule has 3 aromatic carbocycles. The molecule has 0 aliphatic heterocycles. The van der Waals surface area contributed by atoms with Gasteiger partial charge in [0, 0.05) is 0 Å². The van der Waals surface area contributed by atoms with Crippen molar-refractivity contribution in [3.63, 3.8) is 0 Å². The Morgan fingerprint density at radius 1 is 0.731 bits per heavy atom. The van der Waals surface area contributed by atoms with Crippen LogP contribution in [0.15, 0.2) is 72.8 Å². The van der Waals surface area contributed by atoms with E-state index in [2.05, 4.69) is 0 Å². The Labute approximate surface area is 153 Å². The standard InChI is InChI=1S/C22H22FNO2/c23-21-19(13-14-24)11-12-20(25-15-17-7-3-1-4-8-17)22(21)26-16-18-9-5-2-6-10-18/h1-12H,13-16,24H2. The summed E-state index contributed by atoms with van der Waals surface area (Å²) in [5.74, 6) is 0.121. The van der Waals surface area contributed by atoms with Gasteiger partial charge in [-0.3, -0.25) is 0 Å². The number of nitrogens with two attached hydrogens (primary N) is 1. The van der Waals surface area contributed by atoms with E-state index in [-0.39, 0.29) is 12.4 Å². The maximum Gasteiger partial charge on any atom is 0.197 e. The molecule has 0 saturated carbocycles. The first kappa shape index (κ1) is 18.0. The minimum atomic E-state index is -0.406. The van der Waals surface area contributed by atoms with Crippen molar-refractivity contribution in [2.75, 3.05) is 6.54 Å². The quantitative estimate of drug-likeness (QED) is 0.650. The zero-order valence-corrected chi connectivity index (χ0v) is 14.5. The molecule has 2 N–H and O–H groups in total. The summed E-state index contributed by atoms with van der Waals surface area (Å²) < 4.78 is 26.5. The van der Waals surface area contributed by atoms with E-state index in [0.29, 0.717) is 30.9 Å². The van der Waals surface area contributed by atoms with Gasteiger partial charge in [-0.15, -0.1) is 0 Å². The second-order valence-electron chi connectivity index (χ2n) is 5.95. The van der Waals surface area contributed by atoms with Crippen molar-refractivity contribution in [1.82, 2.24) is 0 Å². The average Bonchev–Trinajstić information content (AvgIpc) is 2.69. The Hall–Kier alpha value is -2.85. The lowest BCUT2D eigenvalue weighted by molar-refractivity contribution is 0.245. The second-order valence-corrected chi connectivity index (χ2v) is 5.95. The molecule has 0 atom stereocenters. The van der Waals surface area contributed by atoms with Crippen LogP contribution in [0.25, 0.3) is 0 Å². The maximum absolute atomic E-state index is 14.9. The third-order valence-electron chi connectivity index (χ3n) is 4.02. The summed E-state index contributed by atoms with van der Waals surface area (Å²) in [5, 5.41) is 0. The van der Waals surface area contributed by atoms with Crippen molar-refractivity contribution in [2.45, 2.75) is 19.6 Å². The van der Waals surface area contributed by atoms with Crippen molar-refractivity contribution in [3.8, 4) is 11.5 Å². The van der Waals surface area contributed by atoms with Gasteiger partial charge in [-0.25, -0.2) is 4.39 Å². The SMILES string of the molecule is NCCc1ccc(OCc2ccccc2)c(OCc2ccccc2)c1F. The van der Waals surface area contributed by atoms with E-state index < -0.39 is 5.82 Å². The van der Waals surface area contributed by atoms with Crippen LogP contribution in [0.5, 0.6) is 11.5 Å². The largest absolute Gasteiger partial charge is 0.485 e. The first-order chi connectivity index (χ1) is 12.8. The highest BCUT2D eigenvalue weighted by atomic mass is 19.1. The first-order valence-electron chi connectivity index (χ1n) is 8.63. The van der Waals surface area contributed by atoms with Crippen molar-refractivity contribution in [2.24, 2.45) is 5.73 Å². The molecule has 0 aliphatic rings. The Morgan fingerprint density at radius 3 is 1.88 bits per heavy atom.